The molecule has 1 aromatic rings. The fourth-order valence-electron chi connectivity index (χ4n) is 1.69. The number of aromatic carboxylic acids is 1. The van der Waals surface area contributed by atoms with Gasteiger partial charge < -0.3 is 5.11 Å². The second-order valence-corrected chi connectivity index (χ2v) is 5.90. The van der Waals surface area contributed by atoms with Crippen LogP contribution in [0.2, 0.25) is 0 Å². The van der Waals surface area contributed by atoms with Crippen molar-refractivity contribution in [2.24, 2.45) is 0 Å². The van der Waals surface area contributed by atoms with Crippen LogP contribution in [0.25, 0.3) is 0 Å². The smallest absolute Gasteiger partial charge is 0.336 e. The molecule has 0 spiro atoms. The van der Waals surface area contributed by atoms with Crippen LogP contribution in [0.4, 0.5) is 0 Å². The standard InChI is InChI=1S/C13H16N2O4S/c1-2-10-5-6-11(9-12(10)13(16)17)20(18,19)15-8-4-3-7-14/h5-6,9,15H,2-4,8H2,1H3,(H,16,17). The minimum Gasteiger partial charge on any atom is -0.478 e. The molecule has 1 rings (SSSR count). The van der Waals surface area contributed by atoms with Crippen LogP contribution < -0.4 is 4.72 Å². The van der Waals surface area contributed by atoms with Gasteiger partial charge in [-0.2, -0.15) is 5.26 Å². The van der Waals surface area contributed by atoms with Crippen LogP contribution in [0.3, 0.4) is 0 Å². The monoisotopic (exact) mass is 296 g/mol. The molecule has 0 amide bonds. The Morgan fingerprint density at radius 1 is 1.45 bits per heavy atom. The van der Waals surface area contributed by atoms with Crippen LogP contribution in [-0.4, -0.2) is 26.0 Å². The van der Waals surface area contributed by atoms with E-state index in [4.69, 9.17) is 10.4 Å². The number of aryl methyl sites for hydroxylation is 1. The summed E-state index contributed by atoms with van der Waals surface area (Å²) in [5, 5.41) is 17.5. The quantitative estimate of drug-likeness (QED) is 0.742. The summed E-state index contributed by atoms with van der Waals surface area (Å²) in [6.07, 6.45) is 1.18. The number of carboxylic acid groups (broad SMARTS) is 1. The Labute approximate surface area is 118 Å². The molecule has 2 N–H and O–H groups in total. The number of carboxylic acids is 1. The fraction of sp³-hybridized carbons (Fsp3) is 0.385. The molecule has 20 heavy (non-hydrogen) atoms. The summed E-state index contributed by atoms with van der Waals surface area (Å²) in [5.41, 5.74) is 0.577. The van der Waals surface area contributed by atoms with Crippen molar-refractivity contribution in [2.45, 2.75) is 31.1 Å². The molecule has 0 aliphatic heterocycles. The fourth-order valence-corrected chi connectivity index (χ4v) is 2.79. The molecule has 0 aromatic heterocycles. The van der Waals surface area contributed by atoms with Gasteiger partial charge in [0.05, 0.1) is 16.5 Å². The van der Waals surface area contributed by atoms with Crippen molar-refractivity contribution in [1.29, 1.82) is 5.26 Å². The molecule has 7 heteroatoms. The van der Waals surface area contributed by atoms with Crippen LogP contribution in [-0.2, 0) is 16.4 Å². The molecule has 108 valence electrons. The summed E-state index contributed by atoms with van der Waals surface area (Å²) < 4.78 is 26.3. The van der Waals surface area contributed by atoms with Gasteiger partial charge >= 0.3 is 5.97 Å². The van der Waals surface area contributed by atoms with Crippen molar-refractivity contribution in [3.63, 3.8) is 0 Å². The predicted molar refractivity (Wildman–Crippen MR) is 72.8 cm³/mol. The van der Waals surface area contributed by atoms with Crippen molar-refractivity contribution >= 4 is 16.0 Å². The lowest BCUT2D eigenvalue weighted by Crippen LogP contribution is -2.25. The SMILES string of the molecule is CCc1ccc(S(=O)(=O)NCCCC#N)cc1C(=O)O. The number of nitrogens with one attached hydrogen (secondary N) is 1. The third-order valence-electron chi connectivity index (χ3n) is 2.76. The molecular weight excluding hydrogens is 280 g/mol. The lowest BCUT2D eigenvalue weighted by atomic mass is 10.1. The van der Waals surface area contributed by atoms with Crippen LogP contribution in [0.5, 0.6) is 0 Å². The number of hydrogen-bond donors (Lipinski definition) is 2. The maximum atomic E-state index is 12.0. The van der Waals surface area contributed by atoms with Gasteiger partial charge in [-0.1, -0.05) is 13.0 Å². The number of sulfonamides is 1. The van der Waals surface area contributed by atoms with Gasteiger partial charge in [-0.25, -0.2) is 17.9 Å². The van der Waals surface area contributed by atoms with Crippen LogP contribution in [0, 0.1) is 11.3 Å². The van der Waals surface area contributed by atoms with Gasteiger partial charge in [0, 0.05) is 13.0 Å². The first-order valence-corrected chi connectivity index (χ1v) is 7.63. The van der Waals surface area contributed by atoms with Crippen LogP contribution in [0.1, 0.15) is 35.7 Å². The molecule has 6 nitrogen and oxygen atoms in total. The second-order valence-electron chi connectivity index (χ2n) is 4.14. The third kappa shape index (κ3) is 4.05. The van der Waals surface area contributed by atoms with E-state index in [9.17, 15) is 13.2 Å². The minimum atomic E-state index is -3.74. The Kier molecular flexibility index (Phi) is 5.67. The first-order chi connectivity index (χ1) is 9.42. The molecule has 0 unspecified atom stereocenters. The van der Waals surface area contributed by atoms with Crippen molar-refractivity contribution in [3.8, 4) is 6.07 Å². The number of hydrogen-bond acceptors (Lipinski definition) is 4. The van der Waals surface area contributed by atoms with Crippen LogP contribution in [0.15, 0.2) is 23.1 Å². The number of nitrogens with zero attached hydrogens (tertiary/aromatic N) is 1. The summed E-state index contributed by atoms with van der Waals surface area (Å²) >= 11 is 0. The molecule has 0 radical (unpaired) electrons. The highest BCUT2D eigenvalue weighted by Gasteiger charge is 2.17. The van der Waals surface area contributed by atoms with Gasteiger partial charge in [0.25, 0.3) is 0 Å². The highest BCUT2D eigenvalue weighted by molar-refractivity contribution is 7.89. The van der Waals surface area contributed by atoms with Gasteiger partial charge in [-0.3, -0.25) is 0 Å². The highest BCUT2D eigenvalue weighted by Crippen LogP contribution is 2.17. The van der Waals surface area contributed by atoms with E-state index in [0.29, 0.717) is 18.4 Å². The first-order valence-electron chi connectivity index (χ1n) is 6.15. The molecular formula is C13H16N2O4S. The number of carbonyl (C=O) groups is 1. The summed E-state index contributed by atoms with van der Waals surface area (Å²) in [6.45, 7) is 1.95. The Morgan fingerprint density at radius 2 is 2.15 bits per heavy atom. The molecule has 0 heterocycles. The number of nitriles is 1. The molecule has 0 aliphatic rings. The summed E-state index contributed by atoms with van der Waals surface area (Å²) in [4.78, 5) is 11.0. The van der Waals surface area contributed by atoms with Crippen molar-refractivity contribution < 1.29 is 18.3 Å². The van der Waals surface area contributed by atoms with Crippen molar-refractivity contribution in [1.82, 2.24) is 4.72 Å². The molecule has 0 bridgehead atoms. The van der Waals surface area contributed by atoms with Crippen molar-refractivity contribution in [3.05, 3.63) is 29.3 Å². The lowest BCUT2D eigenvalue weighted by molar-refractivity contribution is 0.0695. The van der Waals surface area contributed by atoms with E-state index in [-0.39, 0.29) is 23.4 Å². The maximum absolute atomic E-state index is 12.0. The number of benzene rings is 1. The zero-order chi connectivity index (χ0) is 15.2. The first kappa shape index (κ1) is 16.1. The van der Waals surface area contributed by atoms with Crippen LogP contribution >= 0.6 is 0 Å². The minimum absolute atomic E-state index is 0.00704. The number of unbranched alkanes of at least 4 members (excludes halogenated alkanes) is 1. The molecule has 0 saturated carbocycles. The molecule has 0 saturated heterocycles. The number of rotatable bonds is 7. The van der Waals surface area contributed by atoms with E-state index in [1.165, 1.54) is 12.1 Å². The van der Waals surface area contributed by atoms with E-state index < -0.39 is 16.0 Å². The third-order valence-corrected chi connectivity index (χ3v) is 4.22. The maximum Gasteiger partial charge on any atom is 0.336 e. The Bertz CT molecular complexity index is 632. The zero-order valence-electron chi connectivity index (χ0n) is 11.1. The second kappa shape index (κ2) is 7.03. The molecule has 0 aliphatic carbocycles. The van der Waals surface area contributed by atoms with Gasteiger partial charge in [-0.05, 0) is 30.5 Å². The lowest BCUT2D eigenvalue weighted by Gasteiger charge is -2.09. The van der Waals surface area contributed by atoms with E-state index in [1.54, 1.807) is 6.92 Å². The van der Waals surface area contributed by atoms with Gasteiger partial charge in [-0.15, -0.1) is 0 Å². The average Bonchev–Trinajstić information content (AvgIpc) is 2.42. The normalized spacial score (nSPS) is 11.0. The Morgan fingerprint density at radius 3 is 2.70 bits per heavy atom. The van der Waals surface area contributed by atoms with Gasteiger partial charge in [0.2, 0.25) is 10.0 Å². The largest absolute Gasteiger partial charge is 0.478 e. The van der Waals surface area contributed by atoms with E-state index in [2.05, 4.69) is 4.72 Å². The average molecular weight is 296 g/mol. The van der Waals surface area contributed by atoms with Gasteiger partial charge in [0.1, 0.15) is 0 Å². The summed E-state index contributed by atoms with van der Waals surface area (Å²) in [5.74, 6) is -1.15. The Balaban J connectivity index is 2.99. The van der Waals surface area contributed by atoms with Crippen molar-refractivity contribution in [2.75, 3.05) is 6.54 Å². The van der Waals surface area contributed by atoms with E-state index in [1.807, 2.05) is 6.07 Å². The summed E-state index contributed by atoms with van der Waals surface area (Å²) in [6, 6.07) is 5.97. The van der Waals surface area contributed by atoms with Gasteiger partial charge in [0.15, 0.2) is 0 Å². The molecule has 0 fully saturated rings. The predicted octanol–water partition coefficient (Wildman–Crippen LogP) is 1.53. The highest BCUT2D eigenvalue weighted by atomic mass is 32.2. The topological polar surface area (TPSA) is 107 Å². The van der Waals surface area contributed by atoms with E-state index >= 15 is 0 Å². The van der Waals surface area contributed by atoms with E-state index in [0.717, 1.165) is 6.07 Å². The molecule has 1 aromatic carbocycles. The molecule has 0 atom stereocenters. The zero-order valence-corrected chi connectivity index (χ0v) is 11.9. The summed E-state index contributed by atoms with van der Waals surface area (Å²) in [7, 11) is -3.74. The Hall–Kier alpha value is -1.91.